The highest BCUT2D eigenvalue weighted by molar-refractivity contribution is 5.58. The molecule has 3 N–H and O–H groups in total. The standard InChI is InChI=1S/C22H27NO6/c1-4-21(2,27)13-8-14-19(25)18-16(29-22(14,3)17(24)9-13)10-15(28-20(18)26)12-6-5-7-23-11-12/h5-7,10-11,13-14,17,19,24-25,27H,4,8-9H2,1-3H3/t13-,14-,17-,19+,21?,22-/m1/s1. The van der Waals surface area contributed by atoms with Crippen LogP contribution in [0.5, 0.6) is 5.75 Å². The Morgan fingerprint density at radius 1 is 1.34 bits per heavy atom. The first kappa shape index (κ1) is 20.1. The van der Waals surface area contributed by atoms with Crippen LogP contribution in [0.1, 0.15) is 51.7 Å². The molecule has 2 aliphatic rings. The lowest BCUT2D eigenvalue weighted by atomic mass is 9.62. The maximum Gasteiger partial charge on any atom is 0.345 e. The van der Waals surface area contributed by atoms with Gasteiger partial charge in [-0.3, -0.25) is 4.98 Å². The average molecular weight is 401 g/mol. The minimum absolute atomic E-state index is 0.0594. The molecular weight excluding hydrogens is 374 g/mol. The molecule has 0 spiro atoms. The molecule has 1 unspecified atom stereocenters. The van der Waals surface area contributed by atoms with E-state index in [1.165, 1.54) is 0 Å². The Morgan fingerprint density at radius 3 is 2.76 bits per heavy atom. The van der Waals surface area contributed by atoms with Crippen molar-refractivity contribution in [3.8, 4) is 17.1 Å². The number of fused-ring (bicyclic) bond motifs is 2. The van der Waals surface area contributed by atoms with Crippen LogP contribution >= 0.6 is 0 Å². The van der Waals surface area contributed by atoms with E-state index in [1.807, 2.05) is 6.92 Å². The highest BCUT2D eigenvalue weighted by Crippen LogP contribution is 2.53. The zero-order chi connectivity index (χ0) is 21.0. The molecule has 0 saturated heterocycles. The van der Waals surface area contributed by atoms with Crippen LogP contribution in [0.4, 0.5) is 0 Å². The summed E-state index contributed by atoms with van der Waals surface area (Å²) in [6.45, 7) is 5.38. The summed E-state index contributed by atoms with van der Waals surface area (Å²) in [6.07, 6.45) is 2.44. The monoisotopic (exact) mass is 401 g/mol. The minimum atomic E-state index is -1.16. The lowest BCUT2D eigenvalue weighted by molar-refractivity contribution is -0.185. The van der Waals surface area contributed by atoms with Gasteiger partial charge in [0.05, 0.1) is 17.8 Å². The van der Waals surface area contributed by atoms with Gasteiger partial charge in [0.1, 0.15) is 22.7 Å². The lowest BCUT2D eigenvalue weighted by Gasteiger charge is -2.53. The van der Waals surface area contributed by atoms with E-state index in [9.17, 15) is 20.1 Å². The second-order valence-electron chi connectivity index (χ2n) is 8.65. The van der Waals surface area contributed by atoms with Gasteiger partial charge in [-0.2, -0.15) is 0 Å². The van der Waals surface area contributed by atoms with Crippen LogP contribution in [0.15, 0.2) is 39.8 Å². The van der Waals surface area contributed by atoms with Crippen LogP contribution in [0, 0.1) is 11.8 Å². The number of aromatic nitrogens is 1. The number of hydrogen-bond acceptors (Lipinski definition) is 7. The number of rotatable bonds is 3. The second kappa shape index (κ2) is 6.93. The largest absolute Gasteiger partial charge is 0.484 e. The third kappa shape index (κ3) is 3.17. The molecule has 0 aromatic carbocycles. The van der Waals surface area contributed by atoms with Crippen LogP contribution < -0.4 is 10.4 Å². The summed E-state index contributed by atoms with van der Waals surface area (Å²) in [4.78, 5) is 16.8. The molecule has 1 saturated carbocycles. The van der Waals surface area contributed by atoms with E-state index >= 15 is 0 Å². The smallest absolute Gasteiger partial charge is 0.345 e. The molecule has 4 rings (SSSR count). The fraction of sp³-hybridized carbons (Fsp3) is 0.545. The molecule has 7 heteroatoms. The lowest BCUT2D eigenvalue weighted by Crippen LogP contribution is -2.61. The molecule has 3 heterocycles. The Kier molecular flexibility index (Phi) is 4.80. The first-order valence-electron chi connectivity index (χ1n) is 10.0. The summed E-state index contributed by atoms with van der Waals surface area (Å²) < 4.78 is 11.6. The normalized spacial score (nSPS) is 33.2. The summed E-state index contributed by atoms with van der Waals surface area (Å²) in [6, 6.07) is 5.06. The molecule has 1 aliphatic carbocycles. The van der Waals surface area contributed by atoms with E-state index in [-0.39, 0.29) is 23.0 Å². The van der Waals surface area contributed by atoms with Crippen LogP contribution in [0.25, 0.3) is 11.3 Å². The molecule has 0 amide bonds. The van der Waals surface area contributed by atoms with Crippen molar-refractivity contribution in [3.05, 3.63) is 46.6 Å². The Bertz CT molecular complexity index is 956. The van der Waals surface area contributed by atoms with Crippen molar-refractivity contribution in [1.29, 1.82) is 0 Å². The summed E-state index contributed by atoms with van der Waals surface area (Å²) in [7, 11) is 0. The van der Waals surface area contributed by atoms with Gasteiger partial charge in [0, 0.05) is 29.9 Å². The molecule has 6 atom stereocenters. The van der Waals surface area contributed by atoms with Crippen molar-refractivity contribution in [3.63, 3.8) is 0 Å². The molecule has 1 fully saturated rings. The second-order valence-corrected chi connectivity index (χ2v) is 8.65. The molecule has 2 aromatic heterocycles. The van der Waals surface area contributed by atoms with E-state index in [2.05, 4.69) is 4.98 Å². The van der Waals surface area contributed by atoms with Gasteiger partial charge in [-0.1, -0.05) is 6.92 Å². The predicted molar refractivity (Wildman–Crippen MR) is 105 cm³/mol. The number of aliphatic hydroxyl groups is 3. The fourth-order valence-electron chi connectivity index (χ4n) is 4.69. The zero-order valence-corrected chi connectivity index (χ0v) is 16.8. The maximum absolute atomic E-state index is 12.7. The highest BCUT2D eigenvalue weighted by Gasteiger charge is 2.57. The van der Waals surface area contributed by atoms with Gasteiger partial charge in [0.15, 0.2) is 0 Å². The van der Waals surface area contributed by atoms with Crippen molar-refractivity contribution in [2.45, 2.75) is 63.4 Å². The van der Waals surface area contributed by atoms with Crippen LogP contribution in [-0.4, -0.2) is 37.6 Å². The van der Waals surface area contributed by atoms with E-state index < -0.39 is 35.0 Å². The minimum Gasteiger partial charge on any atom is -0.484 e. The predicted octanol–water partition coefficient (Wildman–Crippen LogP) is 2.43. The van der Waals surface area contributed by atoms with Gasteiger partial charge < -0.3 is 24.5 Å². The number of aliphatic hydroxyl groups excluding tert-OH is 2. The first-order valence-corrected chi connectivity index (χ1v) is 10.0. The van der Waals surface area contributed by atoms with Crippen LogP contribution in [0.2, 0.25) is 0 Å². The average Bonchev–Trinajstić information content (AvgIpc) is 2.69. The van der Waals surface area contributed by atoms with Crippen molar-refractivity contribution in [2.24, 2.45) is 11.8 Å². The molecule has 156 valence electrons. The molecule has 0 bridgehead atoms. The summed E-state index contributed by atoms with van der Waals surface area (Å²) in [5.41, 5.74) is -2.05. The summed E-state index contributed by atoms with van der Waals surface area (Å²) in [5, 5.41) is 32.7. The van der Waals surface area contributed by atoms with Gasteiger partial charge in [-0.15, -0.1) is 0 Å². The quantitative estimate of drug-likeness (QED) is 0.724. The Hall–Kier alpha value is -2.22. The van der Waals surface area contributed by atoms with Crippen LogP contribution in [0.3, 0.4) is 0 Å². The molecular formula is C22H27NO6. The Labute approximate surface area is 169 Å². The SMILES string of the molecule is CCC(C)(O)[C@H]1C[C@@H](O)[C@]2(C)Oc3cc(-c4cccnc4)oc(=O)c3[C@@H](O)[C@H]2C1. The van der Waals surface area contributed by atoms with Crippen LogP contribution in [-0.2, 0) is 0 Å². The van der Waals surface area contributed by atoms with E-state index in [0.29, 0.717) is 24.8 Å². The molecule has 1 aliphatic heterocycles. The number of pyridine rings is 1. The van der Waals surface area contributed by atoms with E-state index in [1.54, 1.807) is 44.4 Å². The topological polar surface area (TPSA) is 113 Å². The summed E-state index contributed by atoms with van der Waals surface area (Å²) >= 11 is 0. The van der Waals surface area contributed by atoms with Crippen molar-refractivity contribution >= 4 is 0 Å². The molecule has 2 aromatic rings. The fourth-order valence-corrected chi connectivity index (χ4v) is 4.69. The Morgan fingerprint density at radius 2 is 2.10 bits per heavy atom. The van der Waals surface area contributed by atoms with Gasteiger partial charge in [-0.05, 0) is 51.2 Å². The van der Waals surface area contributed by atoms with Crippen molar-refractivity contribution < 1.29 is 24.5 Å². The highest BCUT2D eigenvalue weighted by atomic mass is 16.5. The number of nitrogens with zero attached hydrogens (tertiary/aromatic N) is 1. The third-order valence-corrected chi connectivity index (χ3v) is 6.94. The summed E-state index contributed by atoms with van der Waals surface area (Å²) in [5.74, 6) is -0.268. The number of hydrogen-bond donors (Lipinski definition) is 3. The first-order chi connectivity index (χ1) is 13.7. The van der Waals surface area contributed by atoms with E-state index in [0.717, 1.165) is 0 Å². The third-order valence-electron chi connectivity index (χ3n) is 6.94. The van der Waals surface area contributed by atoms with Gasteiger partial charge in [0.25, 0.3) is 0 Å². The molecule has 0 radical (unpaired) electrons. The molecule has 29 heavy (non-hydrogen) atoms. The Balaban J connectivity index is 1.77. The van der Waals surface area contributed by atoms with Gasteiger partial charge in [-0.25, -0.2) is 4.79 Å². The molecule has 7 nitrogen and oxygen atoms in total. The van der Waals surface area contributed by atoms with Gasteiger partial charge in [0.2, 0.25) is 0 Å². The van der Waals surface area contributed by atoms with E-state index in [4.69, 9.17) is 9.15 Å². The van der Waals surface area contributed by atoms with Crippen molar-refractivity contribution in [1.82, 2.24) is 4.98 Å². The van der Waals surface area contributed by atoms with Gasteiger partial charge >= 0.3 is 5.63 Å². The van der Waals surface area contributed by atoms with Crippen molar-refractivity contribution in [2.75, 3.05) is 0 Å². The zero-order valence-electron chi connectivity index (χ0n) is 16.8. The maximum atomic E-state index is 12.7. The number of ether oxygens (including phenoxy) is 1.